The van der Waals surface area contributed by atoms with Crippen molar-refractivity contribution in [3.63, 3.8) is 0 Å². The average molecular weight is 388 g/mol. The molecule has 1 fully saturated rings. The van der Waals surface area contributed by atoms with Gasteiger partial charge in [-0.15, -0.1) is 23.7 Å². The van der Waals surface area contributed by atoms with Gasteiger partial charge >= 0.3 is 0 Å². The molecule has 1 aliphatic rings. The van der Waals surface area contributed by atoms with Crippen LogP contribution < -0.4 is 15.8 Å². The molecule has 1 aliphatic heterocycles. The van der Waals surface area contributed by atoms with Gasteiger partial charge in [0.2, 0.25) is 0 Å². The van der Waals surface area contributed by atoms with Gasteiger partial charge in [-0.05, 0) is 25.0 Å². The molecule has 2 aromatic rings. The zero-order valence-corrected chi connectivity index (χ0v) is 15.0. The number of carbonyl (C=O) groups is 1. The van der Waals surface area contributed by atoms with Crippen molar-refractivity contribution in [1.29, 1.82) is 0 Å². The number of carbonyl (C=O) groups excluding carboxylic acids is 1. The number of nitrogens with zero attached hydrogens (tertiary/aromatic N) is 1. The number of nitrogens with two attached hydrogens (primary N) is 1. The van der Waals surface area contributed by atoms with Gasteiger partial charge in [0, 0.05) is 24.6 Å². The standard InChI is InChI=1S/C16H18FN3O3S.ClH/c17-10-3-4-14(23-8-11-2-1-5-22-11)12(6-10)20-16(21)13-9-24-15(7-18)19-13;/h3-4,6,9,11H,1-2,5,7-8,18H2,(H,20,21);1H. The molecule has 0 saturated carbocycles. The molecule has 9 heteroatoms. The summed E-state index contributed by atoms with van der Waals surface area (Å²) in [5.41, 5.74) is 6.00. The first-order valence-corrected chi connectivity index (χ1v) is 8.53. The van der Waals surface area contributed by atoms with E-state index in [0.717, 1.165) is 19.4 Å². The number of amides is 1. The Balaban J connectivity index is 0.00000225. The molecule has 0 bridgehead atoms. The summed E-state index contributed by atoms with van der Waals surface area (Å²) in [6.45, 7) is 1.37. The molecule has 1 aromatic heterocycles. The van der Waals surface area contributed by atoms with Gasteiger partial charge in [0.15, 0.2) is 0 Å². The summed E-state index contributed by atoms with van der Waals surface area (Å²) in [5.74, 6) is -0.497. The fraction of sp³-hybridized carbons (Fsp3) is 0.375. The van der Waals surface area contributed by atoms with E-state index in [2.05, 4.69) is 10.3 Å². The molecular formula is C16H19ClFN3O3S. The van der Waals surface area contributed by atoms with Crippen molar-refractivity contribution in [2.75, 3.05) is 18.5 Å². The van der Waals surface area contributed by atoms with E-state index in [0.29, 0.717) is 17.4 Å². The van der Waals surface area contributed by atoms with E-state index >= 15 is 0 Å². The van der Waals surface area contributed by atoms with Gasteiger partial charge in [-0.25, -0.2) is 9.37 Å². The van der Waals surface area contributed by atoms with Crippen molar-refractivity contribution in [2.24, 2.45) is 5.73 Å². The molecule has 0 aliphatic carbocycles. The number of benzene rings is 1. The van der Waals surface area contributed by atoms with E-state index < -0.39 is 11.7 Å². The summed E-state index contributed by atoms with van der Waals surface area (Å²) in [5, 5.41) is 4.92. The number of thiazole rings is 1. The van der Waals surface area contributed by atoms with Crippen molar-refractivity contribution in [2.45, 2.75) is 25.5 Å². The molecule has 6 nitrogen and oxygen atoms in total. The Morgan fingerprint density at radius 2 is 2.36 bits per heavy atom. The van der Waals surface area contributed by atoms with E-state index in [1.807, 2.05) is 0 Å². The highest BCUT2D eigenvalue weighted by molar-refractivity contribution is 7.09. The maximum atomic E-state index is 13.5. The molecule has 1 atom stereocenters. The van der Waals surface area contributed by atoms with Gasteiger partial charge in [-0.2, -0.15) is 0 Å². The Hall–Kier alpha value is -1.74. The van der Waals surface area contributed by atoms with Crippen LogP contribution in [0.4, 0.5) is 10.1 Å². The Kier molecular flexibility index (Phi) is 7.12. The van der Waals surface area contributed by atoms with Crippen molar-refractivity contribution in [3.05, 3.63) is 40.1 Å². The fourth-order valence-electron chi connectivity index (χ4n) is 2.38. The van der Waals surface area contributed by atoms with Crippen molar-refractivity contribution in [1.82, 2.24) is 4.98 Å². The lowest BCUT2D eigenvalue weighted by atomic mass is 10.2. The zero-order valence-electron chi connectivity index (χ0n) is 13.4. The lowest BCUT2D eigenvalue weighted by Gasteiger charge is -2.15. The third-order valence-electron chi connectivity index (χ3n) is 3.60. The lowest BCUT2D eigenvalue weighted by molar-refractivity contribution is 0.0681. The van der Waals surface area contributed by atoms with Crippen LogP contribution in [0.15, 0.2) is 23.6 Å². The quantitative estimate of drug-likeness (QED) is 0.795. The van der Waals surface area contributed by atoms with E-state index in [4.69, 9.17) is 15.2 Å². The summed E-state index contributed by atoms with van der Waals surface area (Å²) >= 11 is 1.30. The second-order valence-corrected chi connectivity index (χ2v) is 6.31. The summed E-state index contributed by atoms with van der Waals surface area (Å²) in [6, 6.07) is 4.00. The minimum Gasteiger partial charge on any atom is -0.489 e. The first-order valence-electron chi connectivity index (χ1n) is 7.65. The topological polar surface area (TPSA) is 86.5 Å². The normalized spacial score (nSPS) is 16.3. The first kappa shape index (κ1) is 19.6. The fourth-order valence-corrected chi connectivity index (χ4v) is 3.03. The van der Waals surface area contributed by atoms with Crippen LogP contribution in [0.3, 0.4) is 0 Å². The van der Waals surface area contributed by atoms with Crippen LogP contribution in [0.2, 0.25) is 0 Å². The molecule has 1 unspecified atom stereocenters. The predicted molar refractivity (Wildman–Crippen MR) is 96.1 cm³/mol. The molecule has 1 amide bonds. The molecule has 0 spiro atoms. The van der Waals surface area contributed by atoms with Gasteiger partial charge in [-0.1, -0.05) is 0 Å². The molecule has 3 N–H and O–H groups in total. The predicted octanol–water partition coefficient (Wildman–Crippen LogP) is 2.97. The minimum absolute atomic E-state index is 0. The molecule has 136 valence electrons. The van der Waals surface area contributed by atoms with Gasteiger partial charge in [0.25, 0.3) is 5.91 Å². The monoisotopic (exact) mass is 387 g/mol. The Morgan fingerprint density at radius 1 is 1.52 bits per heavy atom. The van der Waals surface area contributed by atoms with Crippen LogP contribution in [-0.2, 0) is 11.3 Å². The lowest BCUT2D eigenvalue weighted by Crippen LogP contribution is -2.18. The molecule has 2 heterocycles. The van der Waals surface area contributed by atoms with Crippen LogP contribution >= 0.6 is 23.7 Å². The number of hydrogen-bond donors (Lipinski definition) is 2. The van der Waals surface area contributed by atoms with Gasteiger partial charge < -0.3 is 20.5 Å². The highest BCUT2D eigenvalue weighted by atomic mass is 35.5. The summed E-state index contributed by atoms with van der Waals surface area (Å²) in [4.78, 5) is 16.4. The molecular weight excluding hydrogens is 369 g/mol. The van der Waals surface area contributed by atoms with E-state index in [1.165, 1.54) is 29.5 Å². The Morgan fingerprint density at radius 3 is 3.04 bits per heavy atom. The Labute approximate surface area is 154 Å². The van der Waals surface area contributed by atoms with Crippen LogP contribution in [0.5, 0.6) is 5.75 Å². The first-order chi connectivity index (χ1) is 11.7. The molecule has 1 saturated heterocycles. The molecule has 3 rings (SSSR count). The number of halogens is 2. The maximum absolute atomic E-state index is 13.5. The van der Waals surface area contributed by atoms with Crippen LogP contribution in [0, 0.1) is 5.82 Å². The van der Waals surface area contributed by atoms with Crippen LogP contribution in [0.1, 0.15) is 28.3 Å². The van der Waals surface area contributed by atoms with E-state index in [9.17, 15) is 9.18 Å². The summed E-state index contributed by atoms with van der Waals surface area (Å²) in [7, 11) is 0. The number of anilines is 1. The third-order valence-corrected chi connectivity index (χ3v) is 4.47. The second kappa shape index (κ2) is 9.10. The number of ether oxygens (including phenoxy) is 2. The molecule has 1 aromatic carbocycles. The SMILES string of the molecule is Cl.NCc1nc(C(=O)Nc2cc(F)ccc2OCC2CCCO2)cs1. The van der Waals surface area contributed by atoms with Crippen LogP contribution in [-0.4, -0.2) is 30.2 Å². The van der Waals surface area contributed by atoms with Gasteiger partial charge in [0.1, 0.15) is 28.9 Å². The minimum atomic E-state index is -0.462. The number of nitrogens with one attached hydrogen (secondary N) is 1. The summed E-state index contributed by atoms with van der Waals surface area (Å²) < 4.78 is 24.7. The van der Waals surface area contributed by atoms with E-state index in [1.54, 1.807) is 5.38 Å². The van der Waals surface area contributed by atoms with Crippen molar-refractivity contribution >= 4 is 35.3 Å². The van der Waals surface area contributed by atoms with Gasteiger partial charge in [-0.3, -0.25) is 4.79 Å². The molecule has 0 radical (unpaired) electrons. The highest BCUT2D eigenvalue weighted by Gasteiger charge is 2.18. The second-order valence-electron chi connectivity index (χ2n) is 5.37. The number of aromatic nitrogens is 1. The molecule has 25 heavy (non-hydrogen) atoms. The third kappa shape index (κ3) is 5.12. The van der Waals surface area contributed by atoms with Crippen LogP contribution in [0.25, 0.3) is 0 Å². The van der Waals surface area contributed by atoms with Crippen molar-refractivity contribution < 1.29 is 18.7 Å². The van der Waals surface area contributed by atoms with Crippen molar-refractivity contribution in [3.8, 4) is 5.75 Å². The maximum Gasteiger partial charge on any atom is 0.275 e. The average Bonchev–Trinajstić information content (AvgIpc) is 3.25. The zero-order chi connectivity index (χ0) is 16.9. The Bertz CT molecular complexity index is 722. The highest BCUT2D eigenvalue weighted by Crippen LogP contribution is 2.27. The number of hydrogen-bond acceptors (Lipinski definition) is 6. The smallest absolute Gasteiger partial charge is 0.275 e. The summed E-state index contributed by atoms with van der Waals surface area (Å²) in [6.07, 6.45) is 1.97. The number of rotatable bonds is 6. The van der Waals surface area contributed by atoms with E-state index in [-0.39, 0.29) is 36.4 Å². The largest absolute Gasteiger partial charge is 0.489 e. The van der Waals surface area contributed by atoms with Gasteiger partial charge in [0.05, 0.1) is 11.8 Å².